The van der Waals surface area contributed by atoms with Crippen molar-refractivity contribution in [1.82, 2.24) is 0 Å². The topological polar surface area (TPSA) is 52.6 Å². The Morgan fingerprint density at radius 1 is 1.25 bits per heavy atom. The van der Waals surface area contributed by atoms with Crippen LogP contribution in [0.3, 0.4) is 0 Å². The standard InChI is InChI=1S/C8H14O4/c1-5-6(9)11-7(10)12-8(2,3)4/h5H2,1-4H3. The molecular weight excluding hydrogens is 160 g/mol. The van der Waals surface area contributed by atoms with Crippen LogP contribution >= 0.6 is 0 Å². The highest BCUT2D eigenvalue weighted by molar-refractivity contribution is 5.81. The summed E-state index contributed by atoms with van der Waals surface area (Å²) in [6, 6.07) is 0. The third-order valence-corrected chi connectivity index (χ3v) is 0.875. The molecule has 12 heavy (non-hydrogen) atoms. The van der Waals surface area contributed by atoms with Crippen molar-refractivity contribution in [2.24, 2.45) is 0 Å². The second-order valence-corrected chi connectivity index (χ2v) is 3.29. The summed E-state index contributed by atoms with van der Waals surface area (Å²) in [5.41, 5.74) is -0.620. The predicted octanol–water partition coefficient (Wildman–Crippen LogP) is 1.87. The zero-order valence-corrected chi connectivity index (χ0v) is 7.84. The Morgan fingerprint density at radius 2 is 1.75 bits per heavy atom. The van der Waals surface area contributed by atoms with E-state index in [9.17, 15) is 9.59 Å². The van der Waals surface area contributed by atoms with Crippen molar-refractivity contribution in [3.8, 4) is 0 Å². The Hall–Kier alpha value is -1.06. The lowest BCUT2D eigenvalue weighted by Crippen LogP contribution is -2.25. The van der Waals surface area contributed by atoms with Gasteiger partial charge in [-0.15, -0.1) is 0 Å². The van der Waals surface area contributed by atoms with E-state index in [1.165, 1.54) is 0 Å². The maximum atomic E-state index is 10.8. The number of esters is 1. The van der Waals surface area contributed by atoms with E-state index in [-0.39, 0.29) is 6.42 Å². The van der Waals surface area contributed by atoms with E-state index in [2.05, 4.69) is 4.74 Å². The van der Waals surface area contributed by atoms with E-state index in [1.807, 2.05) is 0 Å². The van der Waals surface area contributed by atoms with E-state index < -0.39 is 17.7 Å². The summed E-state index contributed by atoms with van der Waals surface area (Å²) in [4.78, 5) is 21.3. The van der Waals surface area contributed by atoms with E-state index in [1.54, 1.807) is 27.7 Å². The van der Waals surface area contributed by atoms with Crippen molar-refractivity contribution >= 4 is 12.1 Å². The highest BCUT2D eigenvalue weighted by atomic mass is 16.7. The van der Waals surface area contributed by atoms with Crippen LogP contribution in [-0.4, -0.2) is 17.7 Å². The first-order valence-corrected chi connectivity index (χ1v) is 3.79. The van der Waals surface area contributed by atoms with E-state index >= 15 is 0 Å². The van der Waals surface area contributed by atoms with Crippen molar-refractivity contribution in [3.63, 3.8) is 0 Å². The van der Waals surface area contributed by atoms with Crippen LogP contribution in [0, 0.1) is 0 Å². The van der Waals surface area contributed by atoms with Crippen LogP contribution in [0.15, 0.2) is 0 Å². The molecule has 0 aromatic heterocycles. The number of ether oxygens (including phenoxy) is 2. The second kappa shape index (κ2) is 4.09. The third-order valence-electron chi connectivity index (χ3n) is 0.875. The van der Waals surface area contributed by atoms with Gasteiger partial charge < -0.3 is 9.47 Å². The van der Waals surface area contributed by atoms with Gasteiger partial charge in [-0.25, -0.2) is 4.79 Å². The molecule has 0 heterocycles. The summed E-state index contributed by atoms with van der Waals surface area (Å²) in [6.07, 6.45) is -0.770. The van der Waals surface area contributed by atoms with Gasteiger partial charge in [0, 0.05) is 6.42 Å². The Kier molecular flexibility index (Phi) is 3.73. The molecule has 0 amide bonds. The molecule has 0 bridgehead atoms. The van der Waals surface area contributed by atoms with E-state index in [0.717, 1.165) is 0 Å². The van der Waals surface area contributed by atoms with Crippen LogP contribution in [0.1, 0.15) is 34.1 Å². The maximum Gasteiger partial charge on any atom is 0.516 e. The fourth-order valence-corrected chi connectivity index (χ4v) is 0.436. The average Bonchev–Trinajstić information content (AvgIpc) is 1.82. The van der Waals surface area contributed by atoms with Crippen molar-refractivity contribution in [2.75, 3.05) is 0 Å². The zero-order chi connectivity index (χ0) is 9.78. The quantitative estimate of drug-likeness (QED) is 0.450. The number of hydrogen-bond donors (Lipinski definition) is 0. The lowest BCUT2D eigenvalue weighted by atomic mass is 10.2. The van der Waals surface area contributed by atoms with Crippen LogP contribution in [0.25, 0.3) is 0 Å². The largest absolute Gasteiger partial charge is 0.516 e. The minimum absolute atomic E-state index is 0.166. The van der Waals surface area contributed by atoms with Crippen LogP contribution in [0.4, 0.5) is 4.79 Å². The maximum absolute atomic E-state index is 10.8. The number of rotatable bonds is 1. The Morgan fingerprint density at radius 3 is 2.08 bits per heavy atom. The summed E-state index contributed by atoms with van der Waals surface area (Å²) < 4.78 is 9.00. The van der Waals surface area contributed by atoms with Gasteiger partial charge in [0.15, 0.2) is 0 Å². The predicted molar refractivity (Wildman–Crippen MR) is 42.6 cm³/mol. The zero-order valence-electron chi connectivity index (χ0n) is 7.84. The molecule has 4 nitrogen and oxygen atoms in total. The smallest absolute Gasteiger partial charge is 0.428 e. The first-order chi connectivity index (χ1) is 5.35. The summed E-state index contributed by atoms with van der Waals surface area (Å²) in [5.74, 6) is -0.579. The molecule has 0 aliphatic carbocycles. The highest BCUT2D eigenvalue weighted by Crippen LogP contribution is 2.08. The molecule has 0 aliphatic heterocycles. The SMILES string of the molecule is CCC(=O)OC(=O)OC(C)(C)C. The molecule has 0 aromatic carbocycles. The Bertz CT molecular complexity index is 178. The molecule has 70 valence electrons. The van der Waals surface area contributed by atoms with Crippen LogP contribution in [-0.2, 0) is 14.3 Å². The van der Waals surface area contributed by atoms with Gasteiger partial charge in [0.25, 0.3) is 0 Å². The molecule has 0 aliphatic rings. The monoisotopic (exact) mass is 174 g/mol. The third kappa shape index (κ3) is 5.70. The average molecular weight is 174 g/mol. The lowest BCUT2D eigenvalue weighted by Gasteiger charge is -2.17. The van der Waals surface area contributed by atoms with Gasteiger partial charge in [-0.1, -0.05) is 6.92 Å². The molecule has 0 rings (SSSR count). The molecule has 0 spiro atoms. The van der Waals surface area contributed by atoms with Crippen LogP contribution in [0.2, 0.25) is 0 Å². The summed E-state index contributed by atoms with van der Waals surface area (Å²) >= 11 is 0. The van der Waals surface area contributed by atoms with Gasteiger partial charge in [-0.2, -0.15) is 0 Å². The molecule has 0 radical (unpaired) electrons. The number of hydrogen-bond acceptors (Lipinski definition) is 4. The van der Waals surface area contributed by atoms with Gasteiger partial charge in [-0.05, 0) is 20.8 Å². The molecule has 0 aromatic rings. The van der Waals surface area contributed by atoms with Gasteiger partial charge in [0.05, 0.1) is 0 Å². The first-order valence-electron chi connectivity index (χ1n) is 3.79. The molecule has 0 fully saturated rings. The lowest BCUT2D eigenvalue weighted by molar-refractivity contribution is -0.141. The fraction of sp³-hybridized carbons (Fsp3) is 0.750. The summed E-state index contributed by atoms with van der Waals surface area (Å²) in [5, 5.41) is 0. The fourth-order valence-electron chi connectivity index (χ4n) is 0.436. The highest BCUT2D eigenvalue weighted by Gasteiger charge is 2.19. The Balaban J connectivity index is 3.83. The molecular formula is C8H14O4. The Labute approximate surface area is 71.8 Å². The van der Waals surface area contributed by atoms with Gasteiger partial charge in [0.1, 0.15) is 5.60 Å². The van der Waals surface area contributed by atoms with E-state index in [0.29, 0.717) is 0 Å². The normalized spacial score (nSPS) is 10.7. The summed E-state index contributed by atoms with van der Waals surface area (Å²) in [7, 11) is 0. The number of carbonyl (C=O) groups is 2. The molecule has 4 heteroatoms. The molecule has 0 unspecified atom stereocenters. The van der Waals surface area contributed by atoms with Gasteiger partial charge in [-0.3, -0.25) is 4.79 Å². The first kappa shape index (κ1) is 10.9. The van der Waals surface area contributed by atoms with Crippen molar-refractivity contribution in [1.29, 1.82) is 0 Å². The molecule has 0 atom stereocenters. The van der Waals surface area contributed by atoms with E-state index in [4.69, 9.17) is 4.74 Å². The van der Waals surface area contributed by atoms with Crippen molar-refractivity contribution in [3.05, 3.63) is 0 Å². The van der Waals surface area contributed by atoms with Gasteiger partial charge in [0.2, 0.25) is 0 Å². The molecule has 0 saturated carbocycles. The van der Waals surface area contributed by atoms with Crippen LogP contribution in [0.5, 0.6) is 0 Å². The minimum Gasteiger partial charge on any atom is -0.428 e. The van der Waals surface area contributed by atoms with Crippen LogP contribution < -0.4 is 0 Å². The summed E-state index contributed by atoms with van der Waals surface area (Å²) in [6.45, 7) is 6.70. The molecule has 0 saturated heterocycles. The van der Waals surface area contributed by atoms with Crippen molar-refractivity contribution < 1.29 is 19.1 Å². The van der Waals surface area contributed by atoms with Crippen molar-refractivity contribution in [2.45, 2.75) is 39.7 Å². The number of carbonyl (C=O) groups excluding carboxylic acids is 2. The van der Waals surface area contributed by atoms with Gasteiger partial charge >= 0.3 is 12.1 Å². The molecule has 0 N–H and O–H groups in total. The second-order valence-electron chi connectivity index (χ2n) is 3.29. The minimum atomic E-state index is -0.936.